The van der Waals surface area contributed by atoms with E-state index in [0.717, 1.165) is 22.5 Å². The molecule has 0 atom stereocenters. The van der Waals surface area contributed by atoms with Gasteiger partial charge in [0.25, 0.3) is 0 Å². The fourth-order valence-electron chi connectivity index (χ4n) is 2.05. The van der Waals surface area contributed by atoms with E-state index in [1.54, 1.807) is 29.3 Å². The minimum absolute atomic E-state index is 0.0690. The summed E-state index contributed by atoms with van der Waals surface area (Å²) in [6.07, 6.45) is 9.14. The van der Waals surface area contributed by atoms with Crippen molar-refractivity contribution in [3.63, 3.8) is 0 Å². The molecule has 0 aliphatic heterocycles. The summed E-state index contributed by atoms with van der Waals surface area (Å²) in [6, 6.07) is 3.79. The molecule has 0 aliphatic rings. The lowest BCUT2D eigenvalue weighted by molar-refractivity contribution is -0.136. The second kappa shape index (κ2) is 5.08. The molecule has 0 spiro atoms. The molecular formula is C14H12N4O2. The molecule has 3 rings (SSSR count). The summed E-state index contributed by atoms with van der Waals surface area (Å²) in [7, 11) is 0. The molecule has 0 aliphatic carbocycles. The highest BCUT2D eigenvalue weighted by Crippen LogP contribution is 2.22. The van der Waals surface area contributed by atoms with Gasteiger partial charge in [-0.3, -0.25) is 14.2 Å². The number of imidazole rings is 1. The van der Waals surface area contributed by atoms with E-state index in [-0.39, 0.29) is 6.42 Å². The molecule has 3 aromatic rings. The molecule has 3 aromatic heterocycles. The molecule has 1 N–H and O–H groups in total. The van der Waals surface area contributed by atoms with Gasteiger partial charge in [-0.2, -0.15) is 0 Å². The van der Waals surface area contributed by atoms with E-state index in [1.165, 1.54) is 0 Å². The number of pyridine rings is 1. The van der Waals surface area contributed by atoms with Gasteiger partial charge < -0.3 is 5.11 Å². The molecule has 6 nitrogen and oxygen atoms in total. The fourth-order valence-corrected chi connectivity index (χ4v) is 2.05. The highest BCUT2D eigenvalue weighted by atomic mass is 16.4. The van der Waals surface area contributed by atoms with Crippen molar-refractivity contribution in [2.24, 2.45) is 0 Å². The van der Waals surface area contributed by atoms with E-state index in [9.17, 15) is 4.79 Å². The van der Waals surface area contributed by atoms with Crippen LogP contribution in [-0.2, 0) is 11.2 Å². The number of hydrogen-bond donors (Lipinski definition) is 1. The summed E-state index contributed by atoms with van der Waals surface area (Å²) in [5.74, 6) is -0.826. The first kappa shape index (κ1) is 12.3. The summed E-state index contributed by atoms with van der Waals surface area (Å²) < 4.78 is 1.81. The zero-order valence-corrected chi connectivity index (χ0v) is 10.6. The van der Waals surface area contributed by atoms with Crippen molar-refractivity contribution in [3.8, 4) is 11.1 Å². The lowest BCUT2D eigenvalue weighted by Crippen LogP contribution is -1.97. The second-order valence-electron chi connectivity index (χ2n) is 4.41. The monoisotopic (exact) mass is 268 g/mol. The molecule has 0 radical (unpaired) electrons. The zero-order chi connectivity index (χ0) is 13.9. The Morgan fingerprint density at radius 3 is 2.95 bits per heavy atom. The van der Waals surface area contributed by atoms with Gasteiger partial charge in [-0.05, 0) is 6.07 Å². The SMILES string of the molecule is O=C(O)CCc1cn2cncc(-c3cccnc3)c2n1. The molecule has 20 heavy (non-hydrogen) atoms. The Hall–Kier alpha value is -2.76. The van der Waals surface area contributed by atoms with Gasteiger partial charge in [0.2, 0.25) is 0 Å². The lowest BCUT2D eigenvalue weighted by Gasteiger charge is -2.01. The van der Waals surface area contributed by atoms with Crippen LogP contribution >= 0.6 is 0 Å². The first-order valence-corrected chi connectivity index (χ1v) is 6.18. The predicted molar refractivity (Wildman–Crippen MR) is 72.2 cm³/mol. The summed E-state index contributed by atoms with van der Waals surface area (Å²) in [5, 5.41) is 8.73. The maximum atomic E-state index is 10.6. The van der Waals surface area contributed by atoms with Crippen molar-refractivity contribution in [1.29, 1.82) is 0 Å². The minimum atomic E-state index is -0.826. The van der Waals surface area contributed by atoms with Gasteiger partial charge in [0.15, 0.2) is 0 Å². The van der Waals surface area contributed by atoms with Gasteiger partial charge in [0, 0.05) is 42.3 Å². The maximum absolute atomic E-state index is 10.6. The standard InChI is InChI=1S/C14H12N4O2/c19-13(20)4-3-11-8-18-9-16-7-12(14(18)17-11)10-2-1-5-15-6-10/h1-2,5-9H,3-4H2,(H,19,20). The molecule has 0 fully saturated rings. The summed E-state index contributed by atoms with van der Waals surface area (Å²) in [5.41, 5.74) is 3.31. The number of fused-ring (bicyclic) bond motifs is 1. The fraction of sp³-hybridized carbons (Fsp3) is 0.143. The zero-order valence-electron chi connectivity index (χ0n) is 10.6. The van der Waals surface area contributed by atoms with Crippen LogP contribution in [0.4, 0.5) is 0 Å². The van der Waals surface area contributed by atoms with Crippen molar-refractivity contribution in [2.75, 3.05) is 0 Å². The summed E-state index contributed by atoms with van der Waals surface area (Å²) in [4.78, 5) is 23.4. The van der Waals surface area contributed by atoms with E-state index in [2.05, 4.69) is 15.0 Å². The van der Waals surface area contributed by atoms with Crippen LogP contribution in [0.15, 0.2) is 43.2 Å². The van der Waals surface area contributed by atoms with Gasteiger partial charge in [-0.1, -0.05) is 6.07 Å². The van der Waals surface area contributed by atoms with Crippen molar-refractivity contribution in [3.05, 3.63) is 48.9 Å². The molecular weight excluding hydrogens is 256 g/mol. The lowest BCUT2D eigenvalue weighted by atomic mass is 10.1. The molecule has 0 saturated heterocycles. The van der Waals surface area contributed by atoms with Gasteiger partial charge >= 0.3 is 5.97 Å². The molecule has 0 unspecified atom stereocenters. The second-order valence-corrected chi connectivity index (χ2v) is 4.41. The van der Waals surface area contributed by atoms with E-state index in [1.807, 2.05) is 18.3 Å². The molecule has 100 valence electrons. The molecule has 0 aromatic carbocycles. The van der Waals surface area contributed by atoms with Crippen LogP contribution in [0.1, 0.15) is 12.1 Å². The average Bonchev–Trinajstić information content (AvgIpc) is 2.89. The van der Waals surface area contributed by atoms with Gasteiger partial charge in [0.05, 0.1) is 12.1 Å². The first-order valence-electron chi connectivity index (χ1n) is 6.18. The van der Waals surface area contributed by atoms with Crippen molar-refractivity contribution < 1.29 is 9.90 Å². The van der Waals surface area contributed by atoms with Crippen LogP contribution in [0.2, 0.25) is 0 Å². The normalized spacial score (nSPS) is 10.8. The number of aliphatic carboxylic acids is 1. The number of carbonyl (C=O) groups is 1. The van der Waals surface area contributed by atoms with Crippen LogP contribution < -0.4 is 0 Å². The number of nitrogens with zero attached hydrogens (tertiary/aromatic N) is 4. The Morgan fingerprint density at radius 1 is 1.30 bits per heavy atom. The van der Waals surface area contributed by atoms with E-state index in [0.29, 0.717) is 6.42 Å². The minimum Gasteiger partial charge on any atom is -0.481 e. The van der Waals surface area contributed by atoms with Crippen LogP contribution in [0.3, 0.4) is 0 Å². The third-order valence-electron chi connectivity index (χ3n) is 2.99. The van der Waals surface area contributed by atoms with Crippen LogP contribution in [0.5, 0.6) is 0 Å². The first-order chi connectivity index (χ1) is 9.74. The largest absolute Gasteiger partial charge is 0.481 e. The van der Waals surface area contributed by atoms with Crippen LogP contribution in [0.25, 0.3) is 16.8 Å². The Kier molecular flexibility index (Phi) is 3.12. The molecule has 3 heterocycles. The number of carboxylic acids is 1. The van der Waals surface area contributed by atoms with E-state index in [4.69, 9.17) is 5.11 Å². The van der Waals surface area contributed by atoms with Gasteiger partial charge in [-0.25, -0.2) is 9.97 Å². The Balaban J connectivity index is 2.04. The van der Waals surface area contributed by atoms with E-state index < -0.39 is 5.97 Å². The van der Waals surface area contributed by atoms with Crippen molar-refractivity contribution >= 4 is 11.6 Å². The highest BCUT2D eigenvalue weighted by molar-refractivity contribution is 5.76. The Bertz CT molecular complexity index is 752. The third kappa shape index (κ3) is 2.35. The molecule has 6 heteroatoms. The highest BCUT2D eigenvalue weighted by Gasteiger charge is 2.09. The third-order valence-corrected chi connectivity index (χ3v) is 2.99. The number of hydrogen-bond acceptors (Lipinski definition) is 4. The molecule has 0 saturated carbocycles. The summed E-state index contributed by atoms with van der Waals surface area (Å²) >= 11 is 0. The smallest absolute Gasteiger partial charge is 0.303 e. The quantitative estimate of drug-likeness (QED) is 0.780. The maximum Gasteiger partial charge on any atom is 0.303 e. The number of rotatable bonds is 4. The molecule has 0 bridgehead atoms. The Morgan fingerprint density at radius 2 is 2.20 bits per heavy atom. The predicted octanol–water partition coefficient (Wildman–Crippen LogP) is 1.81. The number of carboxylic acid groups (broad SMARTS) is 1. The van der Waals surface area contributed by atoms with Crippen LogP contribution in [-0.4, -0.2) is 30.4 Å². The van der Waals surface area contributed by atoms with E-state index >= 15 is 0 Å². The van der Waals surface area contributed by atoms with Crippen molar-refractivity contribution in [2.45, 2.75) is 12.8 Å². The summed E-state index contributed by atoms with van der Waals surface area (Å²) in [6.45, 7) is 0. The van der Waals surface area contributed by atoms with Gasteiger partial charge in [-0.15, -0.1) is 0 Å². The Labute approximate surface area is 114 Å². The topological polar surface area (TPSA) is 80.4 Å². The van der Waals surface area contributed by atoms with Gasteiger partial charge in [0.1, 0.15) is 12.0 Å². The number of aryl methyl sites for hydroxylation is 1. The van der Waals surface area contributed by atoms with Crippen LogP contribution in [0, 0.1) is 0 Å². The average molecular weight is 268 g/mol. The molecule has 0 amide bonds. The number of aromatic nitrogens is 4. The van der Waals surface area contributed by atoms with Crippen molar-refractivity contribution in [1.82, 2.24) is 19.4 Å².